The minimum Gasteiger partial charge on any atom is -0.382 e. The van der Waals surface area contributed by atoms with Crippen LogP contribution in [0.5, 0.6) is 0 Å². The summed E-state index contributed by atoms with van der Waals surface area (Å²) in [6.45, 7) is 7.24. The maximum atomic E-state index is 12.5. The zero-order valence-electron chi connectivity index (χ0n) is 13.0. The van der Waals surface area contributed by atoms with Crippen molar-refractivity contribution in [2.24, 2.45) is 5.73 Å². The molecular weight excluding hydrogens is 330 g/mol. The molecule has 128 valence electrons. The summed E-state index contributed by atoms with van der Waals surface area (Å²) in [6, 6.07) is 4.50. The molecule has 1 rings (SSSR count). The third-order valence-corrected chi connectivity index (χ3v) is 7.14. The lowest BCUT2D eigenvalue weighted by atomic mass is 10.5. The number of pyridine rings is 1. The molecule has 0 fully saturated rings. The Hall–Kier alpha value is -0.590. The summed E-state index contributed by atoms with van der Waals surface area (Å²) in [7, 11) is -8.60. The van der Waals surface area contributed by atoms with Gasteiger partial charge in [0.15, 0.2) is 5.52 Å². The second-order valence-corrected chi connectivity index (χ2v) is 8.60. The minimum atomic E-state index is -4.72. The van der Waals surface area contributed by atoms with Crippen molar-refractivity contribution in [1.82, 2.24) is 4.98 Å². The van der Waals surface area contributed by atoms with E-state index in [0.717, 1.165) is 13.2 Å². The lowest BCUT2D eigenvalue weighted by Gasteiger charge is -2.23. The van der Waals surface area contributed by atoms with Gasteiger partial charge >= 0.3 is 7.60 Å². The molecule has 0 aliphatic carbocycles. The maximum Gasteiger partial charge on any atom is 0.352 e. The first kappa shape index (κ1) is 21.4. The van der Waals surface area contributed by atoms with Crippen molar-refractivity contribution < 1.29 is 28.2 Å². The molecule has 0 saturated carbocycles. The first-order valence-electron chi connectivity index (χ1n) is 6.78. The molecule has 4 N–H and O–H groups in total. The van der Waals surface area contributed by atoms with Crippen LogP contribution in [-0.4, -0.2) is 40.1 Å². The number of hydrogen-bond acceptors (Lipinski definition) is 6. The Morgan fingerprint density at radius 3 is 2.09 bits per heavy atom. The van der Waals surface area contributed by atoms with Gasteiger partial charge in [-0.3, -0.25) is 14.1 Å². The Labute approximate surface area is 130 Å². The predicted octanol–water partition coefficient (Wildman–Crippen LogP) is 1.48. The van der Waals surface area contributed by atoms with E-state index in [9.17, 15) is 9.13 Å². The van der Waals surface area contributed by atoms with Crippen molar-refractivity contribution in [2.75, 3.05) is 19.8 Å². The molecule has 22 heavy (non-hydrogen) atoms. The Kier molecular flexibility index (Phi) is 9.96. The summed E-state index contributed by atoms with van der Waals surface area (Å²) in [5.74, 6) is 0. The highest BCUT2D eigenvalue weighted by Gasteiger charge is 2.45. The Morgan fingerprint density at radius 2 is 1.77 bits per heavy atom. The van der Waals surface area contributed by atoms with E-state index in [1.165, 1.54) is 12.3 Å². The molecule has 0 radical (unpaired) electrons. The lowest BCUT2D eigenvalue weighted by molar-refractivity contribution is 0.162. The standard InChI is InChI=1S/C8H14N2O5P2.C4H10O/c1-2-15-16(11,8(9)17(12,13)14)7-5-3-4-6-10-7;1-3-5-4-2/h3-6,8H,2,9H2,1H3,(H2,12,13,14);3-4H2,1-2H3. The first-order valence-corrected chi connectivity index (χ1v) is 10.2. The van der Waals surface area contributed by atoms with E-state index in [2.05, 4.69) is 4.98 Å². The van der Waals surface area contributed by atoms with E-state index in [-0.39, 0.29) is 12.0 Å². The topological polar surface area (TPSA) is 132 Å². The second-order valence-electron chi connectivity index (χ2n) is 3.99. The van der Waals surface area contributed by atoms with E-state index in [4.69, 9.17) is 24.8 Å². The van der Waals surface area contributed by atoms with Gasteiger partial charge in [0.05, 0.1) is 6.61 Å². The summed E-state index contributed by atoms with van der Waals surface area (Å²) in [5, 5.41) is 0. The van der Waals surface area contributed by atoms with Gasteiger partial charge in [0.1, 0.15) is 5.44 Å². The van der Waals surface area contributed by atoms with Gasteiger partial charge in [-0.25, -0.2) is 0 Å². The molecule has 2 unspecified atom stereocenters. The number of hydrogen-bond donors (Lipinski definition) is 3. The Bertz CT molecular complexity index is 506. The van der Waals surface area contributed by atoms with Crippen LogP contribution in [0, 0.1) is 0 Å². The second kappa shape index (κ2) is 10.2. The van der Waals surface area contributed by atoms with Crippen LogP contribution in [0.4, 0.5) is 0 Å². The zero-order chi connectivity index (χ0) is 17.2. The summed E-state index contributed by atoms with van der Waals surface area (Å²) in [6.07, 6.45) is 1.35. The predicted molar refractivity (Wildman–Crippen MR) is 85.3 cm³/mol. The molecule has 2 atom stereocenters. The van der Waals surface area contributed by atoms with Crippen LogP contribution < -0.4 is 11.2 Å². The van der Waals surface area contributed by atoms with Crippen LogP contribution in [0.2, 0.25) is 0 Å². The van der Waals surface area contributed by atoms with Crippen LogP contribution in [0.25, 0.3) is 0 Å². The summed E-state index contributed by atoms with van der Waals surface area (Å²) >= 11 is 0. The molecule has 8 nitrogen and oxygen atoms in total. The fourth-order valence-corrected chi connectivity index (χ4v) is 5.01. The number of ether oxygens (including phenoxy) is 1. The van der Waals surface area contributed by atoms with Crippen molar-refractivity contribution in [2.45, 2.75) is 26.3 Å². The van der Waals surface area contributed by atoms with Gasteiger partial charge in [-0.05, 0) is 32.9 Å². The van der Waals surface area contributed by atoms with Crippen LogP contribution in [0.15, 0.2) is 24.4 Å². The molecule has 0 spiro atoms. The van der Waals surface area contributed by atoms with Crippen LogP contribution >= 0.6 is 15.0 Å². The summed E-state index contributed by atoms with van der Waals surface area (Å²) in [5.41, 5.74) is 3.41. The van der Waals surface area contributed by atoms with E-state index in [1.54, 1.807) is 19.1 Å². The molecule has 1 aromatic rings. The monoisotopic (exact) mass is 354 g/mol. The minimum absolute atomic E-state index is 0.0154. The molecule has 10 heteroatoms. The van der Waals surface area contributed by atoms with Crippen molar-refractivity contribution in [1.29, 1.82) is 0 Å². The molecule has 0 aliphatic rings. The average Bonchev–Trinajstić information content (AvgIpc) is 2.48. The first-order chi connectivity index (χ1) is 10.2. The van der Waals surface area contributed by atoms with E-state index < -0.39 is 20.5 Å². The van der Waals surface area contributed by atoms with E-state index >= 15 is 0 Å². The van der Waals surface area contributed by atoms with E-state index in [1.807, 2.05) is 13.8 Å². The molecule has 0 aliphatic heterocycles. The van der Waals surface area contributed by atoms with Crippen molar-refractivity contribution in [3.05, 3.63) is 24.4 Å². The molecule has 0 bridgehead atoms. The fourth-order valence-electron chi connectivity index (χ4n) is 1.41. The third-order valence-electron chi connectivity index (χ3n) is 2.39. The highest BCUT2D eigenvalue weighted by atomic mass is 31.2. The highest BCUT2D eigenvalue weighted by Crippen LogP contribution is 2.61. The smallest absolute Gasteiger partial charge is 0.352 e. The van der Waals surface area contributed by atoms with Gasteiger partial charge in [-0.1, -0.05) is 6.07 Å². The maximum absolute atomic E-state index is 12.5. The third kappa shape index (κ3) is 6.67. The van der Waals surface area contributed by atoms with Crippen molar-refractivity contribution >= 4 is 20.4 Å². The lowest BCUT2D eigenvalue weighted by Crippen LogP contribution is -2.28. The summed E-state index contributed by atoms with van der Waals surface area (Å²) < 4.78 is 33.4. The largest absolute Gasteiger partial charge is 0.382 e. The number of nitrogens with zero attached hydrogens (tertiary/aromatic N) is 1. The van der Waals surface area contributed by atoms with Crippen LogP contribution in [0.3, 0.4) is 0 Å². The zero-order valence-corrected chi connectivity index (χ0v) is 14.7. The normalized spacial score (nSPS) is 15.4. The molecule has 0 aromatic carbocycles. The van der Waals surface area contributed by atoms with Crippen molar-refractivity contribution in [3.8, 4) is 0 Å². The van der Waals surface area contributed by atoms with Crippen LogP contribution in [0.1, 0.15) is 20.8 Å². The fraction of sp³-hybridized carbons (Fsp3) is 0.583. The summed E-state index contributed by atoms with van der Waals surface area (Å²) in [4.78, 5) is 21.8. The quantitative estimate of drug-likeness (QED) is 0.627. The van der Waals surface area contributed by atoms with Gasteiger partial charge in [0.25, 0.3) is 7.37 Å². The van der Waals surface area contributed by atoms with Gasteiger partial charge in [0.2, 0.25) is 0 Å². The Balaban J connectivity index is 0.000000763. The van der Waals surface area contributed by atoms with E-state index in [0.29, 0.717) is 0 Å². The number of rotatable bonds is 7. The highest BCUT2D eigenvalue weighted by molar-refractivity contribution is 7.78. The molecule has 0 saturated heterocycles. The average molecular weight is 354 g/mol. The van der Waals surface area contributed by atoms with Crippen LogP contribution in [-0.2, 0) is 18.4 Å². The Morgan fingerprint density at radius 1 is 1.18 bits per heavy atom. The SMILES string of the molecule is CCOCC.CCOP(=O)(c1ccccn1)C(N)P(=O)(O)O. The molecular formula is C12H24N2O6P2. The molecule has 1 heterocycles. The van der Waals surface area contributed by atoms with Gasteiger partial charge in [-0.2, -0.15) is 0 Å². The molecule has 0 amide bonds. The van der Waals surface area contributed by atoms with Crippen molar-refractivity contribution in [3.63, 3.8) is 0 Å². The van der Waals surface area contributed by atoms with Gasteiger partial charge < -0.3 is 24.8 Å². The number of aromatic nitrogens is 1. The molecule has 1 aromatic heterocycles. The van der Waals surface area contributed by atoms with Gasteiger partial charge in [-0.15, -0.1) is 0 Å². The number of nitrogens with two attached hydrogens (primary N) is 1. The van der Waals surface area contributed by atoms with Gasteiger partial charge in [0, 0.05) is 19.4 Å².